The monoisotopic (exact) mass is 404 g/mol. The quantitative estimate of drug-likeness (QED) is 0.571. The van der Waals surface area contributed by atoms with Gasteiger partial charge in [-0.1, -0.05) is 59.3 Å². The van der Waals surface area contributed by atoms with Gasteiger partial charge in [0.05, 0.1) is 10.2 Å². The number of nitrogens with two attached hydrogens (primary N) is 3. The molecule has 3 aromatic carbocycles. The third kappa shape index (κ3) is 8.23. The number of rotatable bonds is 3. The van der Waals surface area contributed by atoms with E-state index in [4.69, 9.17) is 17.2 Å². The lowest BCUT2D eigenvalue weighted by Crippen LogP contribution is -2.23. The van der Waals surface area contributed by atoms with E-state index in [9.17, 15) is 14.4 Å². The molecule has 6 nitrogen and oxygen atoms in total. The minimum Gasteiger partial charge on any atom is -0.366 e. The van der Waals surface area contributed by atoms with Crippen LogP contribution in [-0.2, 0) is 0 Å². The van der Waals surface area contributed by atoms with E-state index in [2.05, 4.69) is 10.2 Å². The lowest BCUT2D eigenvalue weighted by molar-refractivity contribution is 0.0992. The fourth-order valence-electron chi connectivity index (χ4n) is 2.08. The highest BCUT2D eigenvalue weighted by molar-refractivity contribution is 6.37. The van der Waals surface area contributed by atoms with Crippen molar-refractivity contribution in [1.29, 1.82) is 0 Å². The summed E-state index contributed by atoms with van der Waals surface area (Å²) in [5, 5.41) is 0.778. The molecule has 29 heavy (non-hydrogen) atoms. The van der Waals surface area contributed by atoms with Crippen molar-refractivity contribution in [1.82, 2.24) is 0 Å². The van der Waals surface area contributed by atoms with Crippen LogP contribution in [0.25, 0.3) is 0 Å². The van der Waals surface area contributed by atoms with Crippen LogP contribution in [0, 0.1) is 6.92 Å². The van der Waals surface area contributed by atoms with Gasteiger partial charge in [-0.3, -0.25) is 14.4 Å². The second-order valence-corrected chi connectivity index (χ2v) is 6.32. The third-order valence-electron chi connectivity index (χ3n) is 3.65. The summed E-state index contributed by atoms with van der Waals surface area (Å²) in [6.45, 7) is 1.91. The van der Waals surface area contributed by atoms with Crippen molar-refractivity contribution in [2.75, 3.05) is 0 Å². The summed E-state index contributed by atoms with van der Waals surface area (Å²) in [7, 11) is 3.33. The lowest BCUT2D eigenvalue weighted by Gasteiger charge is -2.03. The van der Waals surface area contributed by atoms with Gasteiger partial charge in [0, 0.05) is 16.7 Å². The Labute approximate surface area is 173 Å². The Balaban J connectivity index is 0.000000219. The number of benzene rings is 3. The molecule has 6 N–H and O–H groups in total. The van der Waals surface area contributed by atoms with Crippen molar-refractivity contribution in [2.24, 2.45) is 17.2 Å². The molecule has 0 spiro atoms. The largest absolute Gasteiger partial charge is 0.366 e. The molecule has 0 saturated carbocycles. The molecule has 0 aliphatic heterocycles. The Hall–Kier alpha value is -3.71. The highest BCUT2D eigenvalue weighted by Crippen LogP contribution is 1.98. The Bertz CT molecular complexity index is 912. The Morgan fingerprint density at radius 1 is 0.621 bits per heavy atom. The fourth-order valence-corrected chi connectivity index (χ4v) is 2.37. The average molecular weight is 405 g/mol. The van der Waals surface area contributed by atoms with Crippen LogP contribution in [0.4, 0.5) is 0 Å². The van der Waals surface area contributed by atoms with Crippen molar-refractivity contribution >= 4 is 33.2 Å². The topological polar surface area (TPSA) is 129 Å². The molecule has 3 rings (SSSR count). The van der Waals surface area contributed by atoms with Crippen molar-refractivity contribution in [3.63, 3.8) is 0 Å². The van der Waals surface area contributed by atoms with Crippen molar-refractivity contribution in [2.45, 2.75) is 6.92 Å². The fraction of sp³-hybridized carbons (Fsp3) is 0.0455. The summed E-state index contributed by atoms with van der Waals surface area (Å²) in [5.41, 5.74) is 17.7. The van der Waals surface area contributed by atoms with Gasteiger partial charge in [-0.15, -0.1) is 0 Å². The number of carbonyl (C=O) groups is 3. The first-order valence-corrected chi connectivity index (χ1v) is 9.04. The molecule has 3 aromatic rings. The van der Waals surface area contributed by atoms with E-state index >= 15 is 0 Å². The van der Waals surface area contributed by atoms with Crippen molar-refractivity contribution < 1.29 is 14.4 Å². The van der Waals surface area contributed by atoms with Crippen LogP contribution in [-0.4, -0.2) is 28.0 Å². The minimum atomic E-state index is -0.404. The highest BCUT2D eigenvalue weighted by Gasteiger charge is 2.04. The van der Waals surface area contributed by atoms with Gasteiger partial charge in [0.2, 0.25) is 17.7 Å². The van der Waals surface area contributed by atoms with Gasteiger partial charge in [0.1, 0.15) is 0 Å². The van der Waals surface area contributed by atoms with Crippen molar-refractivity contribution in [3.05, 3.63) is 101 Å². The first-order valence-electron chi connectivity index (χ1n) is 8.54. The number of hydrogen-bond donors (Lipinski definition) is 3. The minimum absolute atomic E-state index is 0.379. The van der Waals surface area contributed by atoms with Gasteiger partial charge >= 0.3 is 0 Å². The van der Waals surface area contributed by atoms with Gasteiger partial charge in [-0.05, 0) is 37.3 Å². The Morgan fingerprint density at radius 2 is 1.03 bits per heavy atom. The Morgan fingerprint density at radius 3 is 1.31 bits per heavy atom. The molecule has 0 saturated heterocycles. The third-order valence-corrected chi connectivity index (χ3v) is 4.32. The number of amides is 3. The van der Waals surface area contributed by atoms with Crippen LogP contribution in [0.1, 0.15) is 36.6 Å². The van der Waals surface area contributed by atoms with Gasteiger partial charge in [0.25, 0.3) is 0 Å². The lowest BCUT2D eigenvalue weighted by atomic mass is 10.1. The summed E-state index contributed by atoms with van der Waals surface area (Å²) in [5.74, 6) is -1.16. The molecular weight excluding hydrogens is 382 g/mol. The summed E-state index contributed by atoms with van der Waals surface area (Å²) < 4.78 is 0. The summed E-state index contributed by atoms with van der Waals surface area (Å²) in [6, 6.07) is 22.9. The molecule has 0 heterocycles. The summed E-state index contributed by atoms with van der Waals surface area (Å²) in [6.07, 6.45) is 0. The molecular formula is C22H22N3O3Si. The predicted molar refractivity (Wildman–Crippen MR) is 115 cm³/mol. The van der Waals surface area contributed by atoms with E-state index in [1.54, 1.807) is 60.7 Å². The molecule has 0 fully saturated rings. The van der Waals surface area contributed by atoms with E-state index in [1.807, 2.05) is 25.1 Å². The van der Waals surface area contributed by atoms with E-state index in [0.29, 0.717) is 16.7 Å². The number of primary amides is 3. The van der Waals surface area contributed by atoms with Gasteiger partial charge in [-0.2, -0.15) is 0 Å². The molecule has 0 aliphatic rings. The van der Waals surface area contributed by atoms with Crippen LogP contribution in [0.3, 0.4) is 0 Å². The molecule has 0 atom stereocenters. The van der Waals surface area contributed by atoms with Gasteiger partial charge in [-0.25, -0.2) is 0 Å². The molecule has 0 aliphatic carbocycles. The summed E-state index contributed by atoms with van der Waals surface area (Å²) >= 11 is 0. The average Bonchev–Trinajstić information content (AvgIpc) is 2.72. The normalized spacial score (nSPS) is 9.17. The zero-order chi connectivity index (χ0) is 21.8. The smallest absolute Gasteiger partial charge is 0.248 e. The molecule has 7 heteroatoms. The predicted octanol–water partition coefficient (Wildman–Crippen LogP) is 1.46. The van der Waals surface area contributed by atoms with Gasteiger partial charge in [0.15, 0.2) is 0 Å². The molecule has 147 valence electrons. The molecule has 3 amide bonds. The van der Waals surface area contributed by atoms with Gasteiger partial charge < -0.3 is 17.2 Å². The number of carbonyl (C=O) groups excluding carboxylic acids is 3. The first kappa shape index (κ1) is 23.3. The van der Waals surface area contributed by atoms with E-state index in [1.165, 1.54) is 0 Å². The molecule has 0 aromatic heterocycles. The zero-order valence-corrected chi connectivity index (χ0v) is 17.0. The maximum atomic E-state index is 10.8. The standard InChI is InChI=1S/C8H8NOSi.2C7H7NO/c1-5-3-2-4-6(7(5)11)8(9)10;2*8-7(9)6-4-2-1-3-5-6/h2-4H,1H3,(H2,9,10);2*1-5H,(H2,8,9). The SMILES string of the molecule is Cc1cccc(C(N)=O)c1[Si].NC(=O)c1ccccc1.NC(=O)c1ccccc1. The van der Waals surface area contributed by atoms with Crippen LogP contribution >= 0.6 is 0 Å². The van der Waals surface area contributed by atoms with Crippen molar-refractivity contribution in [3.8, 4) is 0 Å². The van der Waals surface area contributed by atoms with E-state index < -0.39 is 5.91 Å². The summed E-state index contributed by atoms with van der Waals surface area (Å²) in [4.78, 5) is 31.6. The van der Waals surface area contributed by atoms with Crippen LogP contribution in [0.5, 0.6) is 0 Å². The van der Waals surface area contributed by atoms with Crippen LogP contribution < -0.4 is 22.4 Å². The highest BCUT2D eigenvalue weighted by atomic mass is 28.1. The molecule has 0 unspecified atom stereocenters. The molecule has 0 bridgehead atoms. The maximum Gasteiger partial charge on any atom is 0.248 e. The number of aryl methyl sites for hydroxylation is 1. The van der Waals surface area contributed by atoms with Crippen LogP contribution in [0.15, 0.2) is 78.9 Å². The zero-order valence-electron chi connectivity index (χ0n) is 16.0. The van der Waals surface area contributed by atoms with E-state index in [0.717, 1.165) is 10.8 Å². The first-order chi connectivity index (χ1) is 13.7. The second kappa shape index (κ2) is 11.9. The molecule has 3 radical (unpaired) electrons. The maximum absolute atomic E-state index is 10.8. The van der Waals surface area contributed by atoms with E-state index in [-0.39, 0.29) is 11.8 Å². The Kier molecular flexibility index (Phi) is 9.56. The second-order valence-electron chi connectivity index (χ2n) is 5.82. The number of hydrogen-bond acceptors (Lipinski definition) is 3. The van der Waals surface area contributed by atoms with Crippen LogP contribution in [0.2, 0.25) is 0 Å².